The Morgan fingerprint density at radius 3 is 2.60 bits per heavy atom. The molecule has 0 aliphatic heterocycles. The number of carbonyl (C=O) groups is 2. The fourth-order valence-electron chi connectivity index (χ4n) is 3.67. The Bertz CT molecular complexity index is 447. The highest BCUT2D eigenvalue weighted by molar-refractivity contribution is 6.11. The van der Waals surface area contributed by atoms with Gasteiger partial charge in [-0.05, 0) is 32.6 Å². The Labute approximate surface area is 119 Å². The molecule has 2 fully saturated rings. The largest absolute Gasteiger partial charge is 0.437 e. The predicted molar refractivity (Wildman–Crippen MR) is 72.8 cm³/mol. The van der Waals surface area contributed by atoms with Crippen LogP contribution in [0.4, 0.5) is 0 Å². The minimum atomic E-state index is -0.999. The van der Waals surface area contributed by atoms with E-state index in [0.29, 0.717) is 6.42 Å². The van der Waals surface area contributed by atoms with Crippen molar-refractivity contribution in [3.63, 3.8) is 0 Å². The third-order valence-corrected chi connectivity index (χ3v) is 5.11. The molecule has 0 radical (unpaired) electrons. The summed E-state index contributed by atoms with van der Waals surface area (Å²) < 4.78 is 11.0. The number of esters is 1. The summed E-state index contributed by atoms with van der Waals surface area (Å²) in [6.45, 7) is 2.04. The number of fused-ring (bicyclic) bond motifs is 2. The van der Waals surface area contributed by atoms with Crippen molar-refractivity contribution in [3.05, 3.63) is 12.2 Å². The molecule has 0 aromatic heterocycles. The van der Waals surface area contributed by atoms with E-state index < -0.39 is 11.4 Å². The summed E-state index contributed by atoms with van der Waals surface area (Å²) in [5.41, 5.74) is -1.18. The van der Waals surface area contributed by atoms with Gasteiger partial charge in [0.1, 0.15) is 5.41 Å². The first-order valence-electron chi connectivity index (χ1n) is 7.61. The van der Waals surface area contributed by atoms with Crippen LogP contribution in [0, 0.1) is 11.3 Å². The Morgan fingerprint density at radius 2 is 2.05 bits per heavy atom. The van der Waals surface area contributed by atoms with E-state index in [9.17, 15) is 9.59 Å². The molecule has 3 aliphatic rings. The molecule has 0 saturated heterocycles. The summed E-state index contributed by atoms with van der Waals surface area (Å²) >= 11 is 0. The predicted octanol–water partition coefficient (Wildman–Crippen LogP) is 2.76. The molecule has 0 amide bonds. The zero-order valence-corrected chi connectivity index (χ0v) is 12.0. The third-order valence-electron chi connectivity index (χ3n) is 5.11. The maximum Gasteiger partial charge on any atom is 0.325 e. The number of ketones is 1. The van der Waals surface area contributed by atoms with Gasteiger partial charge < -0.3 is 9.47 Å². The molecule has 2 saturated carbocycles. The third kappa shape index (κ3) is 2.20. The molecule has 2 atom stereocenters. The first-order chi connectivity index (χ1) is 9.56. The van der Waals surface area contributed by atoms with Gasteiger partial charge in [0.05, 0.1) is 5.60 Å². The molecule has 4 nitrogen and oxygen atoms in total. The van der Waals surface area contributed by atoms with Crippen molar-refractivity contribution >= 4 is 11.8 Å². The summed E-state index contributed by atoms with van der Waals surface area (Å²) in [4.78, 5) is 24.3. The van der Waals surface area contributed by atoms with Crippen molar-refractivity contribution in [2.75, 3.05) is 6.79 Å². The van der Waals surface area contributed by atoms with Crippen molar-refractivity contribution < 1.29 is 19.1 Å². The summed E-state index contributed by atoms with van der Waals surface area (Å²) in [6.07, 6.45) is 10.5. The second-order valence-electron chi connectivity index (χ2n) is 6.54. The SMILES string of the molecule is CC1(OCOC(=O)C23C=CC(CC2)C3=O)CCCCC1. The molecule has 3 rings (SSSR count). The Hall–Kier alpha value is -1.16. The first-order valence-corrected chi connectivity index (χ1v) is 7.61. The van der Waals surface area contributed by atoms with Gasteiger partial charge in [-0.3, -0.25) is 9.59 Å². The molecule has 0 heterocycles. The van der Waals surface area contributed by atoms with Crippen LogP contribution in [0.1, 0.15) is 51.9 Å². The lowest BCUT2D eigenvalue weighted by atomic mass is 9.86. The van der Waals surface area contributed by atoms with E-state index in [1.807, 2.05) is 6.08 Å². The quantitative estimate of drug-likeness (QED) is 0.343. The zero-order valence-electron chi connectivity index (χ0n) is 12.0. The number of hydrogen-bond acceptors (Lipinski definition) is 4. The highest BCUT2D eigenvalue weighted by Crippen LogP contribution is 2.46. The second-order valence-corrected chi connectivity index (χ2v) is 6.54. The number of ether oxygens (including phenoxy) is 2. The molecule has 4 heteroatoms. The molecule has 0 aromatic carbocycles. The van der Waals surface area contributed by atoms with Crippen molar-refractivity contribution in [2.24, 2.45) is 11.3 Å². The van der Waals surface area contributed by atoms with Crippen LogP contribution in [-0.4, -0.2) is 24.1 Å². The van der Waals surface area contributed by atoms with Crippen LogP contribution in [0.5, 0.6) is 0 Å². The van der Waals surface area contributed by atoms with Crippen LogP contribution in [0.3, 0.4) is 0 Å². The number of hydrogen-bond donors (Lipinski definition) is 0. The van der Waals surface area contributed by atoms with E-state index in [4.69, 9.17) is 9.47 Å². The number of allylic oxidation sites excluding steroid dienone is 1. The summed E-state index contributed by atoms with van der Waals surface area (Å²) in [5, 5.41) is 0. The monoisotopic (exact) mass is 278 g/mol. The van der Waals surface area contributed by atoms with E-state index in [1.54, 1.807) is 6.08 Å². The maximum absolute atomic E-state index is 12.2. The molecule has 110 valence electrons. The topological polar surface area (TPSA) is 52.6 Å². The van der Waals surface area contributed by atoms with E-state index in [1.165, 1.54) is 6.42 Å². The smallest absolute Gasteiger partial charge is 0.325 e. The zero-order chi connectivity index (χ0) is 14.2. The number of carbonyl (C=O) groups excluding carboxylic acids is 2. The van der Waals surface area contributed by atoms with Crippen molar-refractivity contribution in [3.8, 4) is 0 Å². The molecular weight excluding hydrogens is 256 g/mol. The van der Waals surface area contributed by atoms with Gasteiger partial charge in [0.2, 0.25) is 0 Å². The van der Waals surface area contributed by atoms with E-state index in [-0.39, 0.29) is 24.1 Å². The standard InChI is InChI=1S/C16H22O4/c1-15(7-3-2-4-8-15)20-11-19-14(18)16-9-5-12(6-10-16)13(16)17/h5,9,12H,2-4,6-8,10-11H2,1H3. The summed E-state index contributed by atoms with van der Waals surface area (Å²) in [7, 11) is 0. The van der Waals surface area contributed by atoms with Crippen LogP contribution in [0.25, 0.3) is 0 Å². The molecule has 2 bridgehead atoms. The van der Waals surface area contributed by atoms with Crippen LogP contribution in [0.15, 0.2) is 12.2 Å². The average molecular weight is 278 g/mol. The summed E-state index contributed by atoms with van der Waals surface area (Å²) in [5.74, 6) is -0.496. The fraction of sp³-hybridized carbons (Fsp3) is 0.750. The number of Topliss-reactive ketones (excluding diaryl/α,β-unsaturated/α-hetero) is 1. The van der Waals surface area contributed by atoms with Crippen LogP contribution >= 0.6 is 0 Å². The maximum atomic E-state index is 12.2. The highest BCUT2D eigenvalue weighted by atomic mass is 16.7. The Kier molecular flexibility index (Phi) is 3.44. The first kappa shape index (κ1) is 13.8. The molecule has 0 N–H and O–H groups in total. The fourth-order valence-corrected chi connectivity index (χ4v) is 3.67. The van der Waals surface area contributed by atoms with Gasteiger partial charge in [-0.2, -0.15) is 0 Å². The second kappa shape index (κ2) is 4.99. The van der Waals surface area contributed by atoms with Crippen LogP contribution in [-0.2, 0) is 19.1 Å². The molecular formula is C16H22O4. The Morgan fingerprint density at radius 1 is 1.30 bits per heavy atom. The normalized spacial score (nSPS) is 34.5. The van der Waals surface area contributed by atoms with Gasteiger partial charge in [0.15, 0.2) is 12.6 Å². The molecule has 0 aromatic rings. The van der Waals surface area contributed by atoms with Gasteiger partial charge in [-0.15, -0.1) is 0 Å². The molecule has 3 aliphatic carbocycles. The highest BCUT2D eigenvalue weighted by Gasteiger charge is 2.55. The average Bonchev–Trinajstić information content (AvgIpc) is 2.94. The molecule has 20 heavy (non-hydrogen) atoms. The van der Waals surface area contributed by atoms with Gasteiger partial charge in [0.25, 0.3) is 0 Å². The Balaban J connectivity index is 1.53. The van der Waals surface area contributed by atoms with Crippen LogP contribution in [0.2, 0.25) is 0 Å². The lowest BCUT2D eigenvalue weighted by molar-refractivity contribution is -0.182. The van der Waals surface area contributed by atoms with Crippen molar-refractivity contribution in [2.45, 2.75) is 57.5 Å². The van der Waals surface area contributed by atoms with Crippen molar-refractivity contribution in [1.82, 2.24) is 0 Å². The van der Waals surface area contributed by atoms with E-state index in [2.05, 4.69) is 6.92 Å². The summed E-state index contributed by atoms with van der Waals surface area (Å²) in [6, 6.07) is 0. The van der Waals surface area contributed by atoms with Gasteiger partial charge >= 0.3 is 5.97 Å². The molecule has 0 spiro atoms. The van der Waals surface area contributed by atoms with Gasteiger partial charge in [-0.1, -0.05) is 31.4 Å². The number of rotatable bonds is 4. The molecule has 2 unspecified atom stereocenters. The van der Waals surface area contributed by atoms with Gasteiger partial charge in [-0.25, -0.2) is 0 Å². The lowest BCUT2D eigenvalue weighted by Gasteiger charge is -2.33. The van der Waals surface area contributed by atoms with Crippen LogP contribution < -0.4 is 0 Å². The van der Waals surface area contributed by atoms with Crippen molar-refractivity contribution in [1.29, 1.82) is 0 Å². The van der Waals surface area contributed by atoms with E-state index >= 15 is 0 Å². The minimum Gasteiger partial charge on any atom is -0.437 e. The van der Waals surface area contributed by atoms with E-state index in [0.717, 1.165) is 32.1 Å². The minimum absolute atomic E-state index is 0.00591. The van der Waals surface area contributed by atoms with Gasteiger partial charge in [0, 0.05) is 5.92 Å². The lowest BCUT2D eigenvalue weighted by Crippen LogP contribution is -2.37.